The first kappa shape index (κ1) is 20.3. The third-order valence-corrected chi connectivity index (χ3v) is 6.43. The monoisotopic (exact) mass is 463 g/mol. The topological polar surface area (TPSA) is 95.1 Å². The number of carbonyl (C=O) groups is 1. The third-order valence-electron chi connectivity index (χ3n) is 4.56. The van der Waals surface area contributed by atoms with Crippen LogP contribution in [0.1, 0.15) is 0 Å². The number of anilines is 1. The number of rotatable bonds is 7. The van der Waals surface area contributed by atoms with Gasteiger partial charge in [0, 0.05) is 5.69 Å². The van der Waals surface area contributed by atoms with Gasteiger partial charge in [0.15, 0.2) is 16.0 Å². The van der Waals surface area contributed by atoms with E-state index in [1.807, 2.05) is 59.2 Å². The number of fused-ring (bicyclic) bond motifs is 1. The molecular formula is C22H17N5O3S2. The number of nitrogens with one attached hydrogen (secondary N) is 1. The summed E-state index contributed by atoms with van der Waals surface area (Å²) in [5.74, 6) is 1.90. The number of para-hydroxylation sites is 1. The summed E-state index contributed by atoms with van der Waals surface area (Å²) in [6, 6.07) is 19.0. The second-order valence-electron chi connectivity index (χ2n) is 6.64. The Morgan fingerprint density at radius 1 is 1.16 bits per heavy atom. The van der Waals surface area contributed by atoms with Crippen molar-refractivity contribution < 1.29 is 13.9 Å². The number of thioether (sulfide) groups is 1. The van der Waals surface area contributed by atoms with E-state index in [0.717, 1.165) is 21.7 Å². The molecule has 5 aromatic rings. The molecule has 160 valence electrons. The van der Waals surface area contributed by atoms with Gasteiger partial charge in [-0.1, -0.05) is 41.3 Å². The molecule has 5 rings (SSSR count). The number of thiazole rings is 1. The summed E-state index contributed by atoms with van der Waals surface area (Å²) in [5.41, 5.74) is 1.69. The molecule has 0 aliphatic heterocycles. The van der Waals surface area contributed by atoms with Crippen molar-refractivity contribution in [3.8, 4) is 23.0 Å². The fourth-order valence-electron chi connectivity index (χ4n) is 3.11. The van der Waals surface area contributed by atoms with Crippen molar-refractivity contribution in [2.45, 2.75) is 5.16 Å². The van der Waals surface area contributed by atoms with Crippen LogP contribution in [0.25, 0.3) is 27.5 Å². The number of carbonyl (C=O) groups excluding carboxylic acids is 1. The van der Waals surface area contributed by atoms with Gasteiger partial charge in [-0.3, -0.25) is 9.36 Å². The fraction of sp³-hybridized carbons (Fsp3) is 0.0909. The highest BCUT2D eigenvalue weighted by atomic mass is 32.2. The van der Waals surface area contributed by atoms with Crippen LogP contribution in [0, 0.1) is 0 Å². The van der Waals surface area contributed by atoms with Gasteiger partial charge in [-0.25, -0.2) is 4.98 Å². The van der Waals surface area contributed by atoms with Crippen LogP contribution in [0.3, 0.4) is 0 Å². The van der Waals surface area contributed by atoms with Crippen molar-refractivity contribution in [1.82, 2.24) is 19.7 Å². The van der Waals surface area contributed by atoms with Gasteiger partial charge in [0.05, 0.1) is 29.3 Å². The summed E-state index contributed by atoms with van der Waals surface area (Å²) in [4.78, 5) is 17.1. The average Bonchev–Trinajstić information content (AvgIpc) is 3.56. The Labute approximate surface area is 191 Å². The lowest BCUT2D eigenvalue weighted by atomic mass is 10.3. The van der Waals surface area contributed by atoms with Crippen molar-refractivity contribution in [2.75, 3.05) is 18.2 Å². The van der Waals surface area contributed by atoms with Crippen molar-refractivity contribution in [3.05, 3.63) is 66.9 Å². The first-order valence-corrected chi connectivity index (χ1v) is 11.4. The molecule has 10 heteroatoms. The van der Waals surface area contributed by atoms with E-state index in [1.54, 1.807) is 19.4 Å². The highest BCUT2D eigenvalue weighted by Gasteiger charge is 2.19. The molecule has 3 heterocycles. The normalized spacial score (nSPS) is 11.0. The van der Waals surface area contributed by atoms with Crippen molar-refractivity contribution in [2.24, 2.45) is 0 Å². The first-order chi connectivity index (χ1) is 15.7. The van der Waals surface area contributed by atoms with E-state index in [4.69, 9.17) is 9.15 Å². The van der Waals surface area contributed by atoms with Gasteiger partial charge in [0.25, 0.3) is 0 Å². The number of benzene rings is 2. The van der Waals surface area contributed by atoms with E-state index in [2.05, 4.69) is 20.5 Å². The Kier molecular flexibility index (Phi) is 5.61. The van der Waals surface area contributed by atoms with Gasteiger partial charge in [-0.15, -0.1) is 10.2 Å². The highest BCUT2D eigenvalue weighted by Crippen LogP contribution is 2.30. The molecular weight excluding hydrogens is 446 g/mol. The number of furan rings is 1. The summed E-state index contributed by atoms with van der Waals surface area (Å²) >= 11 is 2.69. The van der Waals surface area contributed by atoms with Gasteiger partial charge in [0.1, 0.15) is 5.75 Å². The molecule has 0 saturated carbocycles. The Bertz CT molecular complexity index is 1360. The van der Waals surface area contributed by atoms with E-state index >= 15 is 0 Å². The number of amides is 1. The third kappa shape index (κ3) is 4.10. The summed E-state index contributed by atoms with van der Waals surface area (Å²) < 4.78 is 13.6. The second-order valence-corrected chi connectivity index (χ2v) is 8.62. The minimum absolute atomic E-state index is 0.155. The maximum Gasteiger partial charge on any atom is 0.236 e. The quantitative estimate of drug-likeness (QED) is 0.344. The molecule has 0 aliphatic rings. The average molecular weight is 464 g/mol. The maximum absolute atomic E-state index is 12.6. The standard InChI is InChI=1S/C22H17N5O3S2/c1-29-15-9-10-16-18(12-15)32-21(23-16)24-19(28)13-31-22-26-25-20(17-8-5-11-30-17)27(22)14-6-3-2-4-7-14/h2-12H,13H2,1H3,(H,23,24,28). The van der Waals surface area contributed by atoms with Gasteiger partial charge < -0.3 is 14.5 Å². The van der Waals surface area contributed by atoms with Gasteiger partial charge in [0.2, 0.25) is 11.7 Å². The Morgan fingerprint density at radius 2 is 2.03 bits per heavy atom. The van der Waals surface area contributed by atoms with E-state index in [9.17, 15) is 4.79 Å². The Hall–Kier alpha value is -3.63. The first-order valence-electron chi connectivity index (χ1n) is 9.63. The number of hydrogen-bond acceptors (Lipinski definition) is 8. The van der Waals surface area contributed by atoms with Crippen LogP contribution < -0.4 is 10.1 Å². The smallest absolute Gasteiger partial charge is 0.236 e. The second kappa shape index (κ2) is 8.85. The van der Waals surface area contributed by atoms with Crippen molar-refractivity contribution in [3.63, 3.8) is 0 Å². The zero-order valence-electron chi connectivity index (χ0n) is 16.9. The van der Waals surface area contributed by atoms with Crippen molar-refractivity contribution in [1.29, 1.82) is 0 Å². The summed E-state index contributed by atoms with van der Waals surface area (Å²) in [7, 11) is 1.62. The minimum Gasteiger partial charge on any atom is -0.497 e. The fourth-order valence-corrected chi connectivity index (χ4v) is 4.77. The van der Waals surface area contributed by atoms with Crippen LogP contribution in [-0.2, 0) is 4.79 Å². The molecule has 0 aliphatic carbocycles. The van der Waals surface area contributed by atoms with Gasteiger partial charge in [-0.05, 0) is 42.5 Å². The van der Waals surface area contributed by atoms with Crippen LogP contribution >= 0.6 is 23.1 Å². The summed E-state index contributed by atoms with van der Waals surface area (Å²) in [6.45, 7) is 0. The lowest BCUT2D eigenvalue weighted by molar-refractivity contribution is -0.113. The van der Waals surface area contributed by atoms with Crippen molar-refractivity contribution >= 4 is 44.4 Å². The SMILES string of the molecule is COc1ccc2nc(NC(=O)CSc3nnc(-c4ccco4)n3-c3ccccc3)sc2c1. The van der Waals surface area contributed by atoms with Crippen LogP contribution in [0.5, 0.6) is 5.75 Å². The molecule has 8 nitrogen and oxygen atoms in total. The number of nitrogens with zero attached hydrogens (tertiary/aromatic N) is 4. The molecule has 0 atom stereocenters. The van der Waals surface area contributed by atoms with E-state index in [0.29, 0.717) is 21.9 Å². The maximum atomic E-state index is 12.6. The number of ether oxygens (including phenoxy) is 1. The van der Waals surface area contributed by atoms with Crippen LogP contribution in [0.4, 0.5) is 5.13 Å². The Balaban J connectivity index is 1.34. The zero-order valence-corrected chi connectivity index (χ0v) is 18.5. The van der Waals surface area contributed by atoms with Gasteiger partial charge in [-0.2, -0.15) is 0 Å². The largest absolute Gasteiger partial charge is 0.497 e. The molecule has 1 N–H and O–H groups in total. The van der Waals surface area contributed by atoms with Crippen LogP contribution in [0.15, 0.2) is 76.5 Å². The molecule has 3 aromatic heterocycles. The molecule has 0 saturated heterocycles. The Morgan fingerprint density at radius 3 is 2.81 bits per heavy atom. The minimum atomic E-state index is -0.178. The van der Waals surface area contributed by atoms with Gasteiger partial charge >= 0.3 is 0 Å². The van der Waals surface area contributed by atoms with E-state index < -0.39 is 0 Å². The number of hydrogen-bond donors (Lipinski definition) is 1. The predicted molar refractivity (Wildman–Crippen MR) is 125 cm³/mol. The predicted octanol–water partition coefficient (Wildman–Crippen LogP) is 4.88. The molecule has 0 spiro atoms. The molecule has 32 heavy (non-hydrogen) atoms. The summed E-state index contributed by atoms with van der Waals surface area (Å²) in [5, 5.41) is 12.6. The lowest BCUT2D eigenvalue weighted by Gasteiger charge is -2.08. The molecule has 0 radical (unpaired) electrons. The molecule has 0 bridgehead atoms. The van der Waals surface area contributed by atoms with E-state index in [1.165, 1.54) is 23.1 Å². The lowest BCUT2D eigenvalue weighted by Crippen LogP contribution is -2.14. The number of methoxy groups -OCH3 is 1. The molecule has 2 aromatic carbocycles. The highest BCUT2D eigenvalue weighted by molar-refractivity contribution is 7.99. The molecule has 1 amide bonds. The van der Waals surface area contributed by atoms with Crippen LogP contribution in [-0.4, -0.2) is 38.5 Å². The zero-order chi connectivity index (χ0) is 21.9. The summed E-state index contributed by atoms with van der Waals surface area (Å²) in [6.07, 6.45) is 1.59. The molecule has 0 fully saturated rings. The van der Waals surface area contributed by atoms with E-state index in [-0.39, 0.29) is 11.7 Å². The number of aromatic nitrogens is 4. The van der Waals surface area contributed by atoms with Crippen LogP contribution in [0.2, 0.25) is 0 Å². The molecule has 0 unspecified atom stereocenters.